The second kappa shape index (κ2) is 21.0. The standard InChI is InChI=1S/C44H48N4O7/c1-3-4-5-6-13-26-54-37-24-22-33(23-25-37)36-28-45-41(46-29-36)35-20-18-31(19-21-35)27-38(47-44(52)55-30-32-14-9-7-10-15-32)42(50)48-39(43(51)53-2)40(49)34-16-11-8-12-17-34/h7-12,14-25,28-29,38-40,49H,3-6,13,26-27,30H2,1-2H3,(H,47,52)(H,48,50)/t38-,39?,40-/m0/s1. The van der Waals surface area contributed by atoms with Gasteiger partial charge in [0.25, 0.3) is 0 Å². The highest BCUT2D eigenvalue weighted by atomic mass is 16.5. The molecule has 2 amide bonds. The highest BCUT2D eigenvalue weighted by Gasteiger charge is 2.33. The third-order valence-electron chi connectivity index (χ3n) is 9.04. The SMILES string of the molecule is CCCCCCCOc1ccc(-c2cnc(-c3ccc(C[C@H](NC(=O)OCc4ccccc4)C(=O)NC(C(=O)OC)[C@@H](O)c4ccccc4)cc3)nc2)cc1. The number of ether oxygens (including phenoxy) is 3. The van der Waals surface area contributed by atoms with Gasteiger partial charge in [-0.15, -0.1) is 0 Å². The van der Waals surface area contributed by atoms with Crippen molar-refractivity contribution in [1.82, 2.24) is 20.6 Å². The lowest BCUT2D eigenvalue weighted by molar-refractivity contribution is -0.148. The molecule has 3 N–H and O–H groups in total. The summed E-state index contributed by atoms with van der Waals surface area (Å²) in [6.07, 6.45) is 7.31. The number of hydrogen-bond donors (Lipinski definition) is 3. The number of esters is 1. The molecule has 0 saturated heterocycles. The third kappa shape index (κ3) is 12.2. The van der Waals surface area contributed by atoms with Gasteiger partial charge < -0.3 is 30.0 Å². The first kappa shape index (κ1) is 40.1. The van der Waals surface area contributed by atoms with E-state index < -0.39 is 36.2 Å². The largest absolute Gasteiger partial charge is 0.494 e. The Hall–Kier alpha value is -6.07. The summed E-state index contributed by atoms with van der Waals surface area (Å²) in [6.45, 7) is 2.91. The number of nitrogens with zero attached hydrogens (tertiary/aromatic N) is 2. The third-order valence-corrected chi connectivity index (χ3v) is 9.04. The summed E-state index contributed by atoms with van der Waals surface area (Å²) in [7, 11) is 1.17. The van der Waals surface area contributed by atoms with E-state index in [4.69, 9.17) is 14.2 Å². The van der Waals surface area contributed by atoms with Gasteiger partial charge in [-0.05, 0) is 40.8 Å². The van der Waals surface area contributed by atoms with Crippen LogP contribution in [0.3, 0.4) is 0 Å². The van der Waals surface area contributed by atoms with Crippen molar-refractivity contribution < 1.29 is 33.7 Å². The van der Waals surface area contributed by atoms with E-state index in [0.717, 1.165) is 34.4 Å². The molecular weight excluding hydrogens is 697 g/mol. The molecule has 0 aliphatic heterocycles. The Bertz CT molecular complexity index is 1920. The molecule has 0 aliphatic carbocycles. The quantitative estimate of drug-likeness (QED) is 0.0581. The number of aromatic nitrogens is 2. The molecule has 55 heavy (non-hydrogen) atoms. The lowest BCUT2D eigenvalue weighted by atomic mass is 10.00. The highest BCUT2D eigenvalue weighted by Crippen LogP contribution is 2.24. The average Bonchev–Trinajstić information content (AvgIpc) is 3.23. The van der Waals surface area contributed by atoms with Gasteiger partial charge in [0, 0.05) is 29.9 Å². The van der Waals surface area contributed by atoms with Crippen molar-refractivity contribution in [2.45, 2.75) is 70.2 Å². The van der Waals surface area contributed by atoms with Crippen molar-refractivity contribution in [3.05, 3.63) is 138 Å². The van der Waals surface area contributed by atoms with E-state index in [-0.39, 0.29) is 13.0 Å². The fourth-order valence-electron chi connectivity index (χ4n) is 5.90. The molecule has 4 aromatic carbocycles. The van der Waals surface area contributed by atoms with E-state index in [1.807, 2.05) is 78.9 Å². The highest BCUT2D eigenvalue weighted by molar-refractivity contribution is 5.90. The van der Waals surface area contributed by atoms with Gasteiger partial charge in [-0.3, -0.25) is 4.79 Å². The number of carbonyl (C=O) groups excluding carboxylic acids is 3. The van der Waals surface area contributed by atoms with Crippen LogP contribution in [-0.4, -0.2) is 58.8 Å². The van der Waals surface area contributed by atoms with Crippen LogP contribution in [0.15, 0.2) is 122 Å². The number of alkyl carbamates (subject to hydrolysis) is 1. The molecule has 1 aromatic heterocycles. The smallest absolute Gasteiger partial charge is 0.408 e. The molecule has 1 unspecified atom stereocenters. The number of benzene rings is 4. The first-order valence-electron chi connectivity index (χ1n) is 18.6. The number of nitrogens with one attached hydrogen (secondary N) is 2. The zero-order valence-corrected chi connectivity index (χ0v) is 31.2. The average molecular weight is 745 g/mol. The van der Waals surface area contributed by atoms with E-state index >= 15 is 0 Å². The molecule has 0 fully saturated rings. The summed E-state index contributed by atoms with van der Waals surface area (Å²) in [4.78, 5) is 48.6. The van der Waals surface area contributed by atoms with E-state index in [1.54, 1.807) is 42.7 Å². The van der Waals surface area contributed by atoms with Crippen LogP contribution >= 0.6 is 0 Å². The Kier molecular flexibility index (Phi) is 15.3. The van der Waals surface area contributed by atoms with Gasteiger partial charge in [0.05, 0.1) is 13.7 Å². The molecule has 0 saturated carbocycles. The summed E-state index contributed by atoms with van der Waals surface area (Å²) in [6, 6.07) is 30.1. The molecule has 286 valence electrons. The number of unbranched alkanes of at least 4 members (excludes halogenated alkanes) is 4. The van der Waals surface area contributed by atoms with Gasteiger partial charge in [-0.1, -0.05) is 130 Å². The minimum absolute atomic E-state index is 0.00894. The predicted molar refractivity (Wildman–Crippen MR) is 210 cm³/mol. The maximum absolute atomic E-state index is 13.7. The maximum Gasteiger partial charge on any atom is 0.408 e. The second-order valence-electron chi connectivity index (χ2n) is 13.1. The molecule has 0 radical (unpaired) electrons. The fourth-order valence-corrected chi connectivity index (χ4v) is 5.90. The first-order valence-corrected chi connectivity index (χ1v) is 18.6. The van der Waals surface area contributed by atoms with Gasteiger partial charge in [-0.2, -0.15) is 0 Å². The van der Waals surface area contributed by atoms with Gasteiger partial charge in [0.2, 0.25) is 5.91 Å². The van der Waals surface area contributed by atoms with Crippen LogP contribution in [0.1, 0.15) is 61.8 Å². The summed E-state index contributed by atoms with van der Waals surface area (Å²) in [5.41, 5.74) is 4.47. The molecule has 0 spiro atoms. The predicted octanol–water partition coefficient (Wildman–Crippen LogP) is 7.39. The van der Waals surface area contributed by atoms with Crippen molar-refractivity contribution in [1.29, 1.82) is 0 Å². The number of rotatable bonds is 19. The minimum Gasteiger partial charge on any atom is -0.494 e. The maximum atomic E-state index is 13.7. The van der Waals surface area contributed by atoms with Crippen LogP contribution in [-0.2, 0) is 32.1 Å². The van der Waals surface area contributed by atoms with E-state index in [1.165, 1.54) is 32.8 Å². The van der Waals surface area contributed by atoms with Gasteiger partial charge in [-0.25, -0.2) is 19.6 Å². The molecular formula is C44H48N4O7. The normalized spacial score (nSPS) is 12.5. The van der Waals surface area contributed by atoms with Crippen LogP contribution in [0.4, 0.5) is 4.79 Å². The summed E-state index contributed by atoms with van der Waals surface area (Å²) in [5, 5.41) is 16.2. The number of carbonyl (C=O) groups is 3. The lowest BCUT2D eigenvalue weighted by Gasteiger charge is -2.25. The molecule has 11 heteroatoms. The van der Waals surface area contributed by atoms with Crippen LogP contribution < -0.4 is 15.4 Å². The molecule has 0 bridgehead atoms. The Morgan fingerprint density at radius 1 is 0.709 bits per heavy atom. The molecule has 11 nitrogen and oxygen atoms in total. The van der Waals surface area contributed by atoms with Crippen molar-refractivity contribution in [2.75, 3.05) is 13.7 Å². The molecule has 0 aliphatic rings. The van der Waals surface area contributed by atoms with Crippen LogP contribution in [0, 0.1) is 0 Å². The number of amides is 2. The van der Waals surface area contributed by atoms with Crippen molar-refractivity contribution in [2.24, 2.45) is 0 Å². The zero-order chi connectivity index (χ0) is 38.8. The number of aliphatic hydroxyl groups is 1. The number of aliphatic hydroxyl groups excluding tert-OH is 1. The second-order valence-corrected chi connectivity index (χ2v) is 13.1. The zero-order valence-electron chi connectivity index (χ0n) is 31.2. The fraction of sp³-hybridized carbons (Fsp3) is 0.295. The van der Waals surface area contributed by atoms with Crippen molar-refractivity contribution in [3.63, 3.8) is 0 Å². The van der Waals surface area contributed by atoms with Crippen molar-refractivity contribution in [3.8, 4) is 28.3 Å². The molecule has 3 atom stereocenters. The monoisotopic (exact) mass is 744 g/mol. The summed E-state index contributed by atoms with van der Waals surface area (Å²) < 4.78 is 16.2. The van der Waals surface area contributed by atoms with Crippen LogP contribution in [0.2, 0.25) is 0 Å². The van der Waals surface area contributed by atoms with Crippen LogP contribution in [0.25, 0.3) is 22.5 Å². The van der Waals surface area contributed by atoms with Crippen LogP contribution in [0.5, 0.6) is 5.75 Å². The minimum atomic E-state index is -1.44. The van der Waals surface area contributed by atoms with E-state index in [2.05, 4.69) is 27.5 Å². The Morgan fingerprint density at radius 3 is 2.00 bits per heavy atom. The molecule has 5 aromatic rings. The van der Waals surface area contributed by atoms with Crippen molar-refractivity contribution >= 4 is 18.0 Å². The van der Waals surface area contributed by atoms with E-state index in [9.17, 15) is 19.5 Å². The van der Waals surface area contributed by atoms with Gasteiger partial charge in [0.15, 0.2) is 11.9 Å². The Labute approximate surface area is 322 Å². The van der Waals surface area contributed by atoms with Gasteiger partial charge >= 0.3 is 12.1 Å². The molecule has 1 heterocycles. The summed E-state index contributed by atoms with van der Waals surface area (Å²) in [5.74, 6) is -0.206. The van der Waals surface area contributed by atoms with E-state index in [0.29, 0.717) is 23.6 Å². The van der Waals surface area contributed by atoms with Gasteiger partial charge in [0.1, 0.15) is 24.5 Å². The Balaban J connectivity index is 1.25. The lowest BCUT2D eigenvalue weighted by Crippen LogP contribution is -2.54. The first-order chi connectivity index (χ1) is 26.8. The Morgan fingerprint density at radius 2 is 1.35 bits per heavy atom. The summed E-state index contributed by atoms with van der Waals surface area (Å²) >= 11 is 0. The number of methoxy groups -OCH3 is 1. The topological polar surface area (TPSA) is 149 Å². The molecule has 5 rings (SSSR count). The number of hydrogen-bond acceptors (Lipinski definition) is 9.